The lowest BCUT2D eigenvalue weighted by atomic mass is 9.88. The van der Waals surface area contributed by atoms with Gasteiger partial charge in [-0.3, -0.25) is 9.78 Å². The summed E-state index contributed by atoms with van der Waals surface area (Å²) in [6.45, 7) is 3.74. The zero-order chi connectivity index (χ0) is 12.7. The monoisotopic (exact) mass is 239 g/mol. The number of para-hydroxylation sites is 1. The number of carbonyl (C=O) groups excluding carboxylic acids is 1. The highest BCUT2D eigenvalue weighted by atomic mass is 16.1. The van der Waals surface area contributed by atoms with Gasteiger partial charge in [0, 0.05) is 16.6 Å². The maximum Gasteiger partial charge on any atom is 0.160 e. The largest absolute Gasteiger partial charge is 0.294 e. The van der Waals surface area contributed by atoms with Crippen LogP contribution < -0.4 is 0 Å². The molecule has 1 aromatic heterocycles. The SMILES string of the molecule is CC(=O)c1c2c(nc3c(C)cccc13)CCCC2. The maximum atomic E-state index is 12.0. The molecule has 0 saturated carbocycles. The highest BCUT2D eigenvalue weighted by Gasteiger charge is 2.20. The Morgan fingerprint density at radius 2 is 2.00 bits per heavy atom. The van der Waals surface area contributed by atoms with Gasteiger partial charge in [0.1, 0.15) is 0 Å². The van der Waals surface area contributed by atoms with Gasteiger partial charge in [0.05, 0.1) is 5.52 Å². The minimum atomic E-state index is 0.172. The molecule has 0 unspecified atom stereocenters. The number of benzene rings is 1. The molecule has 1 heterocycles. The van der Waals surface area contributed by atoms with Crippen molar-refractivity contribution in [3.05, 3.63) is 40.6 Å². The molecule has 1 aliphatic carbocycles. The van der Waals surface area contributed by atoms with E-state index in [4.69, 9.17) is 4.98 Å². The van der Waals surface area contributed by atoms with Crippen LogP contribution in [0, 0.1) is 6.92 Å². The molecule has 0 spiro atoms. The van der Waals surface area contributed by atoms with Crippen molar-refractivity contribution in [1.82, 2.24) is 4.98 Å². The summed E-state index contributed by atoms with van der Waals surface area (Å²) >= 11 is 0. The number of hydrogen-bond acceptors (Lipinski definition) is 2. The van der Waals surface area contributed by atoms with Crippen LogP contribution in [-0.4, -0.2) is 10.8 Å². The molecule has 1 aromatic carbocycles. The molecular formula is C16H17NO. The zero-order valence-electron chi connectivity index (χ0n) is 10.9. The minimum absolute atomic E-state index is 0.172. The van der Waals surface area contributed by atoms with E-state index in [1.807, 2.05) is 12.1 Å². The second kappa shape index (κ2) is 4.20. The molecule has 1 aliphatic rings. The average molecular weight is 239 g/mol. The number of aromatic nitrogens is 1. The van der Waals surface area contributed by atoms with Crippen molar-refractivity contribution in [2.75, 3.05) is 0 Å². The number of carbonyl (C=O) groups is 1. The summed E-state index contributed by atoms with van der Waals surface area (Å²) in [5.74, 6) is 0.172. The summed E-state index contributed by atoms with van der Waals surface area (Å²) in [7, 11) is 0. The van der Waals surface area contributed by atoms with Gasteiger partial charge in [0.25, 0.3) is 0 Å². The fourth-order valence-corrected chi connectivity index (χ4v) is 2.99. The Morgan fingerprint density at radius 3 is 2.78 bits per heavy atom. The van der Waals surface area contributed by atoms with E-state index in [0.29, 0.717) is 0 Å². The van der Waals surface area contributed by atoms with Crippen LogP contribution in [0.3, 0.4) is 0 Å². The number of Topliss-reactive ketones (excluding diaryl/α,β-unsaturated/α-hetero) is 1. The standard InChI is InChI=1S/C16H17NO/c1-10-6-5-8-13-15(11(2)18)12-7-3-4-9-14(12)17-16(10)13/h5-6,8H,3-4,7,9H2,1-2H3. The summed E-state index contributed by atoms with van der Waals surface area (Å²) < 4.78 is 0. The summed E-state index contributed by atoms with van der Waals surface area (Å²) in [4.78, 5) is 16.8. The molecule has 0 fully saturated rings. The highest BCUT2D eigenvalue weighted by molar-refractivity contribution is 6.08. The molecule has 2 heteroatoms. The van der Waals surface area contributed by atoms with Crippen LogP contribution >= 0.6 is 0 Å². The predicted octanol–water partition coefficient (Wildman–Crippen LogP) is 3.62. The minimum Gasteiger partial charge on any atom is -0.294 e. The topological polar surface area (TPSA) is 30.0 Å². The van der Waals surface area contributed by atoms with Crippen molar-refractivity contribution in [3.63, 3.8) is 0 Å². The number of ketones is 1. The van der Waals surface area contributed by atoms with Gasteiger partial charge in [-0.1, -0.05) is 18.2 Å². The third-order valence-electron chi connectivity index (χ3n) is 3.85. The lowest BCUT2D eigenvalue weighted by Crippen LogP contribution is -2.12. The highest BCUT2D eigenvalue weighted by Crippen LogP contribution is 2.30. The molecule has 0 saturated heterocycles. The molecule has 92 valence electrons. The van der Waals surface area contributed by atoms with Gasteiger partial charge in [0.15, 0.2) is 5.78 Å². The predicted molar refractivity (Wildman–Crippen MR) is 73.1 cm³/mol. The number of rotatable bonds is 1. The van der Waals surface area contributed by atoms with E-state index in [9.17, 15) is 4.79 Å². The lowest BCUT2D eigenvalue weighted by molar-refractivity contribution is 0.101. The number of fused-ring (bicyclic) bond motifs is 2. The van der Waals surface area contributed by atoms with Crippen LogP contribution in [0.2, 0.25) is 0 Å². The summed E-state index contributed by atoms with van der Waals surface area (Å²) in [6, 6.07) is 6.11. The summed E-state index contributed by atoms with van der Waals surface area (Å²) in [6.07, 6.45) is 4.38. The first-order chi connectivity index (χ1) is 8.68. The molecule has 0 radical (unpaired) electrons. The molecule has 18 heavy (non-hydrogen) atoms. The number of aryl methyl sites for hydroxylation is 2. The zero-order valence-corrected chi connectivity index (χ0v) is 10.9. The van der Waals surface area contributed by atoms with Gasteiger partial charge < -0.3 is 0 Å². The molecule has 0 N–H and O–H groups in total. The van der Waals surface area contributed by atoms with Gasteiger partial charge >= 0.3 is 0 Å². The average Bonchev–Trinajstić information content (AvgIpc) is 2.36. The van der Waals surface area contributed by atoms with Gasteiger partial charge in [-0.05, 0) is 50.7 Å². The van der Waals surface area contributed by atoms with Gasteiger partial charge in [0.2, 0.25) is 0 Å². The second-order valence-electron chi connectivity index (χ2n) is 5.15. The number of pyridine rings is 1. The van der Waals surface area contributed by atoms with E-state index in [-0.39, 0.29) is 5.78 Å². The van der Waals surface area contributed by atoms with E-state index in [2.05, 4.69) is 13.0 Å². The van der Waals surface area contributed by atoms with Crippen molar-refractivity contribution in [1.29, 1.82) is 0 Å². The van der Waals surface area contributed by atoms with Gasteiger partial charge in [-0.2, -0.15) is 0 Å². The Kier molecular flexibility index (Phi) is 2.66. The molecule has 0 bridgehead atoms. The number of nitrogens with zero attached hydrogens (tertiary/aromatic N) is 1. The van der Waals surface area contributed by atoms with E-state index in [1.165, 1.54) is 18.4 Å². The molecule has 0 aliphatic heterocycles. The van der Waals surface area contributed by atoms with Crippen molar-refractivity contribution in [2.24, 2.45) is 0 Å². The molecule has 3 rings (SSSR count). The Morgan fingerprint density at radius 1 is 1.22 bits per heavy atom. The maximum absolute atomic E-state index is 12.0. The Labute approximate surface area is 107 Å². The summed E-state index contributed by atoms with van der Waals surface area (Å²) in [5, 5.41) is 1.03. The fraction of sp³-hybridized carbons (Fsp3) is 0.375. The molecule has 2 aromatic rings. The van der Waals surface area contributed by atoms with E-state index < -0.39 is 0 Å². The molecule has 0 amide bonds. The lowest BCUT2D eigenvalue weighted by Gasteiger charge is -2.20. The van der Waals surface area contributed by atoms with Crippen LogP contribution in [0.25, 0.3) is 10.9 Å². The Bertz CT molecular complexity index is 643. The normalized spacial score (nSPS) is 14.6. The van der Waals surface area contributed by atoms with E-state index in [1.54, 1.807) is 6.92 Å². The van der Waals surface area contributed by atoms with E-state index >= 15 is 0 Å². The molecular weight excluding hydrogens is 222 g/mol. The van der Waals surface area contributed by atoms with E-state index in [0.717, 1.165) is 40.6 Å². The first-order valence-corrected chi connectivity index (χ1v) is 6.60. The van der Waals surface area contributed by atoms with Crippen molar-refractivity contribution in [2.45, 2.75) is 39.5 Å². The van der Waals surface area contributed by atoms with Crippen LogP contribution in [0.4, 0.5) is 0 Å². The third kappa shape index (κ3) is 1.64. The van der Waals surface area contributed by atoms with Crippen molar-refractivity contribution < 1.29 is 4.79 Å². The van der Waals surface area contributed by atoms with Crippen LogP contribution in [-0.2, 0) is 12.8 Å². The smallest absolute Gasteiger partial charge is 0.160 e. The van der Waals surface area contributed by atoms with Gasteiger partial charge in [-0.25, -0.2) is 0 Å². The van der Waals surface area contributed by atoms with Crippen LogP contribution in [0.15, 0.2) is 18.2 Å². The van der Waals surface area contributed by atoms with Gasteiger partial charge in [-0.15, -0.1) is 0 Å². The first kappa shape index (κ1) is 11.4. The molecule has 0 atom stereocenters. The fourth-order valence-electron chi connectivity index (χ4n) is 2.99. The van der Waals surface area contributed by atoms with Crippen molar-refractivity contribution >= 4 is 16.7 Å². The Balaban J connectivity index is 2.44. The summed E-state index contributed by atoms with van der Waals surface area (Å²) in [5.41, 5.74) is 5.42. The van der Waals surface area contributed by atoms with Crippen LogP contribution in [0.1, 0.15) is 46.9 Å². The second-order valence-corrected chi connectivity index (χ2v) is 5.15. The van der Waals surface area contributed by atoms with Crippen molar-refractivity contribution in [3.8, 4) is 0 Å². The first-order valence-electron chi connectivity index (χ1n) is 6.60. The quantitative estimate of drug-likeness (QED) is 0.711. The molecule has 2 nitrogen and oxygen atoms in total. The Hall–Kier alpha value is -1.70. The third-order valence-corrected chi connectivity index (χ3v) is 3.85. The van der Waals surface area contributed by atoms with Crippen LogP contribution in [0.5, 0.6) is 0 Å². The number of hydrogen-bond donors (Lipinski definition) is 0.